The molecule has 25 heavy (non-hydrogen) atoms. The standard InChI is InChI=1S/C17H15F4NO3/c1-23-10-2-3-12(14(6-10)17(19,20)21)13-4-9(18)5-15-16(13)25-11(7-22)8-24-15/h2-6,11H,7-8,22H2,1H3/t11-/m0/s1. The van der Waals surface area contributed by atoms with Gasteiger partial charge < -0.3 is 19.9 Å². The highest BCUT2D eigenvalue weighted by Crippen LogP contribution is 2.46. The summed E-state index contributed by atoms with van der Waals surface area (Å²) in [6.45, 7) is 0.214. The zero-order valence-electron chi connectivity index (χ0n) is 13.2. The zero-order chi connectivity index (χ0) is 18.2. The molecule has 0 aromatic heterocycles. The van der Waals surface area contributed by atoms with E-state index in [4.69, 9.17) is 19.9 Å². The lowest BCUT2D eigenvalue weighted by Crippen LogP contribution is -2.36. The molecule has 0 aliphatic carbocycles. The van der Waals surface area contributed by atoms with Gasteiger partial charge in [-0.25, -0.2) is 4.39 Å². The number of nitrogens with two attached hydrogens (primary N) is 1. The number of hydrogen-bond donors (Lipinski definition) is 1. The molecule has 0 radical (unpaired) electrons. The van der Waals surface area contributed by atoms with Crippen molar-refractivity contribution in [1.29, 1.82) is 0 Å². The number of fused-ring (bicyclic) bond motifs is 1. The van der Waals surface area contributed by atoms with Crippen molar-refractivity contribution < 1.29 is 31.8 Å². The minimum Gasteiger partial charge on any atom is -0.497 e. The molecule has 3 rings (SSSR count). The van der Waals surface area contributed by atoms with Crippen LogP contribution in [0.25, 0.3) is 11.1 Å². The number of rotatable bonds is 3. The Hall–Kier alpha value is -2.48. The number of benzene rings is 2. The molecule has 1 heterocycles. The van der Waals surface area contributed by atoms with Gasteiger partial charge in [0.05, 0.1) is 12.7 Å². The smallest absolute Gasteiger partial charge is 0.417 e. The van der Waals surface area contributed by atoms with Gasteiger partial charge in [-0.3, -0.25) is 0 Å². The first kappa shape index (κ1) is 17.3. The van der Waals surface area contributed by atoms with Gasteiger partial charge in [0, 0.05) is 18.2 Å². The Bertz CT molecular complexity index is 792. The molecule has 1 aliphatic heterocycles. The molecule has 8 heteroatoms. The first-order valence-corrected chi connectivity index (χ1v) is 7.42. The third kappa shape index (κ3) is 3.34. The van der Waals surface area contributed by atoms with Crippen molar-refractivity contribution in [3.05, 3.63) is 41.7 Å². The van der Waals surface area contributed by atoms with E-state index in [9.17, 15) is 17.6 Å². The van der Waals surface area contributed by atoms with Crippen LogP contribution >= 0.6 is 0 Å². The van der Waals surface area contributed by atoms with Crippen molar-refractivity contribution in [2.75, 3.05) is 20.3 Å². The van der Waals surface area contributed by atoms with Gasteiger partial charge in [0.2, 0.25) is 0 Å². The van der Waals surface area contributed by atoms with Gasteiger partial charge in [-0.05, 0) is 29.8 Å². The average Bonchev–Trinajstić information content (AvgIpc) is 2.59. The van der Waals surface area contributed by atoms with E-state index < -0.39 is 23.7 Å². The Morgan fingerprint density at radius 2 is 1.96 bits per heavy atom. The van der Waals surface area contributed by atoms with Crippen LogP contribution < -0.4 is 19.9 Å². The highest BCUT2D eigenvalue weighted by atomic mass is 19.4. The van der Waals surface area contributed by atoms with Crippen LogP contribution in [0.15, 0.2) is 30.3 Å². The number of ether oxygens (including phenoxy) is 3. The molecule has 0 spiro atoms. The van der Waals surface area contributed by atoms with E-state index in [0.717, 1.165) is 18.2 Å². The summed E-state index contributed by atoms with van der Waals surface area (Å²) >= 11 is 0. The summed E-state index contributed by atoms with van der Waals surface area (Å²) in [5.74, 6) is -0.603. The Morgan fingerprint density at radius 3 is 2.60 bits per heavy atom. The van der Waals surface area contributed by atoms with Gasteiger partial charge >= 0.3 is 6.18 Å². The third-order valence-electron chi connectivity index (χ3n) is 3.81. The predicted molar refractivity (Wildman–Crippen MR) is 82.4 cm³/mol. The fraction of sp³-hybridized carbons (Fsp3) is 0.294. The predicted octanol–water partition coefficient (Wildman–Crippen LogP) is 3.62. The van der Waals surface area contributed by atoms with Gasteiger partial charge in [-0.1, -0.05) is 0 Å². The van der Waals surface area contributed by atoms with Crippen molar-refractivity contribution in [1.82, 2.24) is 0 Å². The van der Waals surface area contributed by atoms with Gasteiger partial charge in [-0.15, -0.1) is 0 Å². The summed E-state index contributed by atoms with van der Waals surface area (Å²) < 4.78 is 70.3. The zero-order valence-corrected chi connectivity index (χ0v) is 13.2. The lowest BCUT2D eigenvalue weighted by molar-refractivity contribution is -0.137. The summed E-state index contributed by atoms with van der Waals surface area (Å²) in [6.07, 6.45) is -5.18. The van der Waals surface area contributed by atoms with Crippen molar-refractivity contribution in [2.45, 2.75) is 12.3 Å². The number of halogens is 4. The monoisotopic (exact) mass is 357 g/mol. The average molecular weight is 357 g/mol. The van der Waals surface area contributed by atoms with Crippen LogP contribution in [0.4, 0.5) is 17.6 Å². The maximum atomic E-state index is 13.9. The van der Waals surface area contributed by atoms with Crippen LogP contribution in [0.1, 0.15) is 5.56 Å². The van der Waals surface area contributed by atoms with Crippen LogP contribution in [-0.4, -0.2) is 26.4 Å². The molecular formula is C17H15F4NO3. The van der Waals surface area contributed by atoms with Gasteiger partial charge in [0.25, 0.3) is 0 Å². The van der Waals surface area contributed by atoms with Crippen molar-refractivity contribution in [3.63, 3.8) is 0 Å². The third-order valence-corrected chi connectivity index (χ3v) is 3.81. The van der Waals surface area contributed by atoms with Crippen LogP contribution in [-0.2, 0) is 6.18 Å². The van der Waals surface area contributed by atoms with E-state index in [-0.39, 0.29) is 41.5 Å². The van der Waals surface area contributed by atoms with E-state index in [1.165, 1.54) is 19.2 Å². The molecule has 0 amide bonds. The van der Waals surface area contributed by atoms with Crippen LogP contribution in [0.2, 0.25) is 0 Å². The van der Waals surface area contributed by atoms with Crippen LogP contribution in [0.3, 0.4) is 0 Å². The number of hydrogen-bond acceptors (Lipinski definition) is 4. The maximum Gasteiger partial charge on any atom is 0.417 e. The molecule has 0 bridgehead atoms. The fourth-order valence-corrected chi connectivity index (χ4v) is 2.62. The highest BCUT2D eigenvalue weighted by Gasteiger charge is 2.36. The van der Waals surface area contributed by atoms with Gasteiger partial charge in [-0.2, -0.15) is 13.2 Å². The first-order chi connectivity index (χ1) is 11.8. The molecule has 2 aromatic carbocycles. The largest absolute Gasteiger partial charge is 0.497 e. The lowest BCUT2D eigenvalue weighted by atomic mass is 9.97. The Morgan fingerprint density at radius 1 is 1.20 bits per heavy atom. The summed E-state index contributed by atoms with van der Waals surface area (Å²) in [5.41, 5.74) is 4.30. The second-order valence-corrected chi connectivity index (χ2v) is 5.48. The van der Waals surface area contributed by atoms with Gasteiger partial charge in [0.1, 0.15) is 24.3 Å². The highest BCUT2D eigenvalue weighted by molar-refractivity contribution is 5.77. The molecule has 2 aromatic rings. The first-order valence-electron chi connectivity index (χ1n) is 7.42. The molecule has 1 atom stereocenters. The van der Waals surface area contributed by atoms with E-state index in [1.54, 1.807) is 0 Å². The maximum absolute atomic E-state index is 13.9. The van der Waals surface area contributed by atoms with E-state index in [1.807, 2.05) is 0 Å². The fourth-order valence-electron chi connectivity index (χ4n) is 2.62. The van der Waals surface area contributed by atoms with E-state index in [2.05, 4.69) is 0 Å². The minimum absolute atomic E-state index is 0.0401. The van der Waals surface area contributed by atoms with E-state index in [0.29, 0.717) is 0 Å². The molecule has 4 nitrogen and oxygen atoms in total. The van der Waals surface area contributed by atoms with Crippen molar-refractivity contribution >= 4 is 0 Å². The summed E-state index contributed by atoms with van der Waals surface area (Å²) in [4.78, 5) is 0. The topological polar surface area (TPSA) is 53.7 Å². The Labute approximate surface area is 141 Å². The summed E-state index contributed by atoms with van der Waals surface area (Å²) in [6, 6.07) is 5.50. The second-order valence-electron chi connectivity index (χ2n) is 5.48. The molecule has 0 saturated carbocycles. The molecule has 2 N–H and O–H groups in total. The summed E-state index contributed by atoms with van der Waals surface area (Å²) in [7, 11) is 1.27. The Kier molecular flexibility index (Phi) is 4.47. The molecule has 0 saturated heterocycles. The minimum atomic E-state index is -4.66. The molecule has 134 valence electrons. The van der Waals surface area contributed by atoms with Crippen molar-refractivity contribution in [3.8, 4) is 28.4 Å². The molecule has 0 fully saturated rings. The molecular weight excluding hydrogens is 342 g/mol. The van der Waals surface area contributed by atoms with Gasteiger partial charge in [0.15, 0.2) is 11.5 Å². The lowest BCUT2D eigenvalue weighted by Gasteiger charge is -2.28. The molecule has 1 aliphatic rings. The van der Waals surface area contributed by atoms with Crippen LogP contribution in [0.5, 0.6) is 17.2 Å². The normalized spacial score (nSPS) is 16.6. The summed E-state index contributed by atoms with van der Waals surface area (Å²) in [5, 5.41) is 0. The SMILES string of the molecule is COc1ccc(-c2cc(F)cc3c2O[C@@H](CN)CO3)c(C(F)(F)F)c1. The Balaban J connectivity index is 2.22. The van der Waals surface area contributed by atoms with E-state index >= 15 is 0 Å². The van der Waals surface area contributed by atoms with Crippen molar-refractivity contribution in [2.24, 2.45) is 5.73 Å². The second kappa shape index (κ2) is 6.44. The number of methoxy groups -OCH3 is 1. The van der Waals surface area contributed by atoms with Crippen LogP contribution in [0, 0.1) is 5.82 Å². The molecule has 0 unspecified atom stereocenters. The number of alkyl halides is 3. The quantitative estimate of drug-likeness (QED) is 0.853.